The summed E-state index contributed by atoms with van der Waals surface area (Å²) >= 11 is 0. The van der Waals surface area contributed by atoms with Crippen LogP contribution in [0, 0.1) is 0 Å². The third-order valence-corrected chi connectivity index (χ3v) is 1.96. The summed E-state index contributed by atoms with van der Waals surface area (Å²) in [6.45, 7) is 1.65. The summed E-state index contributed by atoms with van der Waals surface area (Å²) in [4.78, 5) is 12.9. The molecule has 0 aliphatic heterocycles. The summed E-state index contributed by atoms with van der Waals surface area (Å²) in [6, 6.07) is 6.57. The Morgan fingerprint density at radius 1 is 1.40 bits per heavy atom. The third-order valence-electron chi connectivity index (χ3n) is 1.96. The molecule has 1 atom stereocenters. The van der Waals surface area contributed by atoms with E-state index in [2.05, 4.69) is 0 Å². The standard InChI is InChI=1S/C11H15NO3/c1-8(11(14)12(2)3)15-10-7-5-4-6-9(10)13/h4-8,13H,1-3H3. The van der Waals surface area contributed by atoms with Crippen molar-refractivity contribution >= 4 is 5.91 Å². The summed E-state index contributed by atoms with van der Waals surface area (Å²) in [5.74, 6) is 0.217. The molecule has 0 heterocycles. The molecule has 1 aromatic carbocycles. The topological polar surface area (TPSA) is 49.8 Å². The number of carbonyl (C=O) groups is 1. The third kappa shape index (κ3) is 2.87. The van der Waals surface area contributed by atoms with Crippen molar-refractivity contribution in [2.24, 2.45) is 0 Å². The van der Waals surface area contributed by atoms with Crippen molar-refractivity contribution in [3.05, 3.63) is 24.3 Å². The maximum absolute atomic E-state index is 11.5. The lowest BCUT2D eigenvalue weighted by Crippen LogP contribution is -2.35. The van der Waals surface area contributed by atoms with Crippen molar-refractivity contribution < 1.29 is 14.6 Å². The number of likely N-dealkylation sites (N-methyl/N-ethyl adjacent to an activating group) is 1. The van der Waals surface area contributed by atoms with Crippen molar-refractivity contribution in [3.63, 3.8) is 0 Å². The van der Waals surface area contributed by atoms with E-state index in [1.165, 1.54) is 11.0 Å². The number of hydrogen-bond donors (Lipinski definition) is 1. The molecule has 0 aliphatic rings. The molecule has 1 rings (SSSR count). The first-order chi connectivity index (χ1) is 7.02. The summed E-state index contributed by atoms with van der Waals surface area (Å²) < 4.78 is 5.33. The van der Waals surface area contributed by atoms with Crippen LogP contribution in [0.4, 0.5) is 0 Å². The summed E-state index contributed by atoms with van der Waals surface area (Å²) in [6.07, 6.45) is -0.603. The van der Waals surface area contributed by atoms with Gasteiger partial charge in [0.1, 0.15) is 0 Å². The number of hydrogen-bond acceptors (Lipinski definition) is 3. The van der Waals surface area contributed by atoms with Gasteiger partial charge in [0.05, 0.1) is 0 Å². The number of phenolic OH excluding ortho intramolecular Hbond substituents is 1. The van der Waals surface area contributed by atoms with E-state index >= 15 is 0 Å². The Bertz CT molecular complexity index is 349. The van der Waals surface area contributed by atoms with Gasteiger partial charge in [0.25, 0.3) is 5.91 Å². The van der Waals surface area contributed by atoms with E-state index in [0.717, 1.165) is 0 Å². The summed E-state index contributed by atoms with van der Waals surface area (Å²) in [5, 5.41) is 9.43. The van der Waals surface area contributed by atoms with Crippen LogP contribution in [-0.4, -0.2) is 36.1 Å². The first kappa shape index (κ1) is 11.4. The van der Waals surface area contributed by atoms with E-state index in [1.807, 2.05) is 0 Å². The highest BCUT2D eigenvalue weighted by atomic mass is 16.5. The Morgan fingerprint density at radius 3 is 2.53 bits per heavy atom. The van der Waals surface area contributed by atoms with Crippen LogP contribution in [-0.2, 0) is 4.79 Å². The van der Waals surface area contributed by atoms with Crippen molar-refractivity contribution in [1.29, 1.82) is 0 Å². The first-order valence-electron chi connectivity index (χ1n) is 4.68. The maximum Gasteiger partial charge on any atom is 0.262 e. The number of para-hydroxylation sites is 2. The van der Waals surface area contributed by atoms with Crippen LogP contribution in [0.3, 0.4) is 0 Å². The molecule has 1 unspecified atom stereocenters. The molecule has 1 aromatic rings. The average Bonchev–Trinajstić information content (AvgIpc) is 2.20. The average molecular weight is 209 g/mol. The van der Waals surface area contributed by atoms with E-state index in [9.17, 15) is 9.90 Å². The van der Waals surface area contributed by atoms with Gasteiger partial charge in [-0.2, -0.15) is 0 Å². The molecule has 0 spiro atoms. The second kappa shape index (κ2) is 4.68. The van der Waals surface area contributed by atoms with Gasteiger partial charge in [0.2, 0.25) is 0 Å². The largest absolute Gasteiger partial charge is 0.504 e. The quantitative estimate of drug-likeness (QED) is 0.815. The molecule has 0 bridgehead atoms. The van der Waals surface area contributed by atoms with E-state index in [4.69, 9.17) is 4.74 Å². The highest BCUT2D eigenvalue weighted by Crippen LogP contribution is 2.25. The van der Waals surface area contributed by atoms with Crippen LogP contribution in [0.25, 0.3) is 0 Å². The molecule has 0 saturated carbocycles. The zero-order chi connectivity index (χ0) is 11.4. The van der Waals surface area contributed by atoms with Crippen molar-refractivity contribution in [3.8, 4) is 11.5 Å². The Kier molecular flexibility index (Phi) is 3.55. The predicted molar refractivity (Wildman–Crippen MR) is 56.9 cm³/mol. The van der Waals surface area contributed by atoms with Gasteiger partial charge in [0, 0.05) is 14.1 Å². The molecule has 0 saturated heterocycles. The molecule has 82 valence electrons. The first-order valence-corrected chi connectivity index (χ1v) is 4.68. The zero-order valence-electron chi connectivity index (χ0n) is 9.10. The number of nitrogens with zero attached hydrogens (tertiary/aromatic N) is 1. The SMILES string of the molecule is CC(Oc1ccccc1O)C(=O)N(C)C. The Hall–Kier alpha value is -1.71. The molecule has 0 fully saturated rings. The van der Waals surface area contributed by atoms with Crippen LogP contribution >= 0.6 is 0 Å². The van der Waals surface area contributed by atoms with Gasteiger partial charge >= 0.3 is 0 Å². The van der Waals surface area contributed by atoms with Gasteiger partial charge in [-0.3, -0.25) is 4.79 Å². The van der Waals surface area contributed by atoms with Crippen LogP contribution in [0.5, 0.6) is 11.5 Å². The van der Waals surface area contributed by atoms with Crippen LogP contribution in [0.2, 0.25) is 0 Å². The molecular formula is C11H15NO3. The van der Waals surface area contributed by atoms with Gasteiger partial charge in [-0.15, -0.1) is 0 Å². The van der Waals surface area contributed by atoms with Crippen molar-refractivity contribution in [2.75, 3.05) is 14.1 Å². The molecule has 0 radical (unpaired) electrons. The molecule has 4 heteroatoms. The fraction of sp³-hybridized carbons (Fsp3) is 0.364. The van der Waals surface area contributed by atoms with E-state index < -0.39 is 6.10 Å². The monoisotopic (exact) mass is 209 g/mol. The number of ether oxygens (including phenoxy) is 1. The van der Waals surface area contributed by atoms with E-state index in [-0.39, 0.29) is 11.7 Å². The highest BCUT2D eigenvalue weighted by Gasteiger charge is 2.17. The maximum atomic E-state index is 11.5. The van der Waals surface area contributed by atoms with Gasteiger partial charge in [-0.25, -0.2) is 0 Å². The fourth-order valence-corrected chi connectivity index (χ4v) is 1.16. The number of benzene rings is 1. The Balaban J connectivity index is 2.71. The smallest absolute Gasteiger partial charge is 0.262 e. The van der Waals surface area contributed by atoms with Gasteiger partial charge in [-0.05, 0) is 19.1 Å². The molecule has 0 aromatic heterocycles. The molecule has 1 N–H and O–H groups in total. The lowest BCUT2D eigenvalue weighted by molar-refractivity contribution is -0.135. The normalized spacial score (nSPS) is 11.9. The van der Waals surface area contributed by atoms with Gasteiger partial charge < -0.3 is 14.7 Å². The predicted octanol–water partition coefficient (Wildman–Crippen LogP) is 1.25. The second-order valence-electron chi connectivity index (χ2n) is 3.46. The molecule has 1 amide bonds. The zero-order valence-corrected chi connectivity index (χ0v) is 9.10. The minimum Gasteiger partial charge on any atom is -0.504 e. The van der Waals surface area contributed by atoms with Crippen molar-refractivity contribution in [2.45, 2.75) is 13.0 Å². The molecular weight excluding hydrogens is 194 g/mol. The van der Waals surface area contributed by atoms with Crippen LogP contribution < -0.4 is 4.74 Å². The lowest BCUT2D eigenvalue weighted by Gasteiger charge is -2.18. The Labute approximate surface area is 89.1 Å². The van der Waals surface area contributed by atoms with Gasteiger partial charge in [0.15, 0.2) is 17.6 Å². The Morgan fingerprint density at radius 2 is 2.00 bits per heavy atom. The van der Waals surface area contributed by atoms with E-state index in [1.54, 1.807) is 39.2 Å². The minimum absolute atomic E-state index is 0.0379. The van der Waals surface area contributed by atoms with Crippen LogP contribution in [0.1, 0.15) is 6.92 Å². The minimum atomic E-state index is -0.603. The van der Waals surface area contributed by atoms with Gasteiger partial charge in [-0.1, -0.05) is 12.1 Å². The number of phenols is 1. The molecule has 15 heavy (non-hydrogen) atoms. The molecule has 4 nitrogen and oxygen atoms in total. The highest BCUT2D eigenvalue weighted by molar-refractivity contribution is 5.80. The summed E-state index contributed by atoms with van der Waals surface area (Å²) in [5.41, 5.74) is 0. The van der Waals surface area contributed by atoms with Crippen LogP contribution in [0.15, 0.2) is 24.3 Å². The second-order valence-corrected chi connectivity index (χ2v) is 3.46. The number of aromatic hydroxyl groups is 1. The summed E-state index contributed by atoms with van der Waals surface area (Å²) in [7, 11) is 3.32. The number of rotatable bonds is 3. The molecule has 0 aliphatic carbocycles. The van der Waals surface area contributed by atoms with E-state index in [0.29, 0.717) is 5.75 Å². The van der Waals surface area contributed by atoms with Crippen molar-refractivity contribution in [1.82, 2.24) is 4.90 Å². The number of carbonyl (C=O) groups excluding carboxylic acids is 1. The lowest BCUT2D eigenvalue weighted by atomic mass is 10.3. The fourth-order valence-electron chi connectivity index (χ4n) is 1.16. The number of amides is 1.